The van der Waals surface area contributed by atoms with Crippen molar-refractivity contribution in [1.29, 1.82) is 0 Å². The molecule has 1 atom stereocenters. The standard InChI is InChI=1S/C8H12OS/c1-6-3-8(10-5-6)4-7(2)9/h3,5,7,9H,4H2,1-2H3/t7-/m1/s1. The Kier molecular flexibility index (Phi) is 2.46. The number of aryl methyl sites for hydroxylation is 1. The van der Waals surface area contributed by atoms with Gasteiger partial charge in [0.25, 0.3) is 0 Å². The van der Waals surface area contributed by atoms with Crippen molar-refractivity contribution in [1.82, 2.24) is 0 Å². The fourth-order valence-corrected chi connectivity index (χ4v) is 1.89. The molecule has 0 amide bonds. The van der Waals surface area contributed by atoms with Gasteiger partial charge < -0.3 is 5.11 Å². The molecular weight excluding hydrogens is 144 g/mol. The molecule has 0 aliphatic carbocycles. The van der Waals surface area contributed by atoms with Crippen LogP contribution in [0.15, 0.2) is 11.4 Å². The fraction of sp³-hybridized carbons (Fsp3) is 0.500. The second-order valence-electron chi connectivity index (χ2n) is 2.64. The largest absolute Gasteiger partial charge is 0.393 e. The predicted octanol–water partition coefficient (Wildman–Crippen LogP) is 1.98. The van der Waals surface area contributed by atoms with Crippen LogP contribution in [-0.4, -0.2) is 11.2 Å². The Morgan fingerprint density at radius 3 is 2.80 bits per heavy atom. The molecule has 0 bridgehead atoms. The number of thiophene rings is 1. The van der Waals surface area contributed by atoms with E-state index >= 15 is 0 Å². The third-order valence-electron chi connectivity index (χ3n) is 1.28. The lowest BCUT2D eigenvalue weighted by atomic mass is 10.2. The van der Waals surface area contributed by atoms with E-state index in [1.807, 2.05) is 6.92 Å². The van der Waals surface area contributed by atoms with Gasteiger partial charge in [0.1, 0.15) is 0 Å². The van der Waals surface area contributed by atoms with Crippen LogP contribution in [0, 0.1) is 6.92 Å². The molecule has 0 aliphatic rings. The highest BCUT2D eigenvalue weighted by Crippen LogP contribution is 2.15. The van der Waals surface area contributed by atoms with Crippen LogP contribution in [-0.2, 0) is 6.42 Å². The van der Waals surface area contributed by atoms with Gasteiger partial charge in [0.05, 0.1) is 6.10 Å². The third kappa shape index (κ3) is 2.12. The molecule has 0 saturated heterocycles. The SMILES string of the molecule is Cc1csc(C[C@@H](C)O)c1. The highest BCUT2D eigenvalue weighted by molar-refractivity contribution is 7.10. The maximum absolute atomic E-state index is 9.02. The van der Waals surface area contributed by atoms with Crippen molar-refractivity contribution in [2.24, 2.45) is 0 Å². The Labute approximate surface area is 65.3 Å². The van der Waals surface area contributed by atoms with Crippen LogP contribution in [0.2, 0.25) is 0 Å². The minimum absolute atomic E-state index is 0.210. The summed E-state index contributed by atoms with van der Waals surface area (Å²) in [7, 11) is 0. The van der Waals surface area contributed by atoms with Crippen molar-refractivity contribution in [3.8, 4) is 0 Å². The molecule has 0 aromatic carbocycles. The molecule has 1 nitrogen and oxygen atoms in total. The van der Waals surface area contributed by atoms with Gasteiger partial charge in [-0.05, 0) is 30.9 Å². The van der Waals surface area contributed by atoms with Gasteiger partial charge in [-0.25, -0.2) is 0 Å². The van der Waals surface area contributed by atoms with Gasteiger partial charge in [-0.1, -0.05) is 0 Å². The van der Waals surface area contributed by atoms with E-state index in [9.17, 15) is 0 Å². The second-order valence-corrected chi connectivity index (χ2v) is 3.64. The first-order chi connectivity index (χ1) is 4.68. The van der Waals surface area contributed by atoms with Gasteiger partial charge in [0.2, 0.25) is 0 Å². The van der Waals surface area contributed by atoms with E-state index in [0.29, 0.717) is 0 Å². The molecule has 10 heavy (non-hydrogen) atoms. The molecule has 56 valence electrons. The summed E-state index contributed by atoms with van der Waals surface area (Å²) in [6.07, 6.45) is 0.580. The molecule has 1 aromatic heterocycles. The summed E-state index contributed by atoms with van der Waals surface area (Å²) in [5, 5.41) is 11.1. The zero-order valence-corrected chi connectivity index (χ0v) is 7.11. The minimum Gasteiger partial charge on any atom is -0.393 e. The predicted molar refractivity (Wildman–Crippen MR) is 44.4 cm³/mol. The van der Waals surface area contributed by atoms with Gasteiger partial charge >= 0.3 is 0 Å². The van der Waals surface area contributed by atoms with E-state index in [0.717, 1.165) is 6.42 Å². The Morgan fingerprint density at radius 1 is 1.70 bits per heavy atom. The van der Waals surface area contributed by atoms with Crippen LogP contribution in [0.3, 0.4) is 0 Å². The summed E-state index contributed by atoms with van der Waals surface area (Å²) in [6.45, 7) is 3.89. The smallest absolute Gasteiger partial charge is 0.0560 e. The molecule has 2 heteroatoms. The molecule has 1 rings (SSSR count). The van der Waals surface area contributed by atoms with Crippen LogP contribution in [0.1, 0.15) is 17.4 Å². The first-order valence-corrected chi connectivity index (χ1v) is 4.28. The molecular formula is C8H12OS. The van der Waals surface area contributed by atoms with E-state index in [1.54, 1.807) is 11.3 Å². The van der Waals surface area contributed by atoms with Crippen molar-refractivity contribution >= 4 is 11.3 Å². The topological polar surface area (TPSA) is 20.2 Å². The van der Waals surface area contributed by atoms with E-state index in [2.05, 4.69) is 18.4 Å². The van der Waals surface area contributed by atoms with Crippen LogP contribution in [0.25, 0.3) is 0 Å². The number of hydrogen-bond donors (Lipinski definition) is 1. The maximum Gasteiger partial charge on any atom is 0.0560 e. The summed E-state index contributed by atoms with van der Waals surface area (Å²) in [5.74, 6) is 0. The van der Waals surface area contributed by atoms with Crippen molar-refractivity contribution in [2.75, 3.05) is 0 Å². The highest BCUT2D eigenvalue weighted by Gasteiger charge is 1.99. The second kappa shape index (κ2) is 3.17. The van der Waals surface area contributed by atoms with Crippen molar-refractivity contribution in [3.05, 3.63) is 21.9 Å². The van der Waals surface area contributed by atoms with E-state index in [4.69, 9.17) is 5.11 Å². The lowest BCUT2D eigenvalue weighted by Gasteiger charge is -1.98. The molecule has 1 N–H and O–H groups in total. The number of aliphatic hydroxyl groups excluding tert-OH is 1. The third-order valence-corrected chi connectivity index (χ3v) is 2.36. The van der Waals surface area contributed by atoms with Crippen molar-refractivity contribution < 1.29 is 5.11 Å². The average Bonchev–Trinajstić information content (AvgIpc) is 2.13. The highest BCUT2D eigenvalue weighted by atomic mass is 32.1. The van der Waals surface area contributed by atoms with Crippen molar-refractivity contribution in [2.45, 2.75) is 26.4 Å². The molecule has 0 radical (unpaired) electrons. The molecule has 0 saturated carbocycles. The number of aliphatic hydroxyl groups is 1. The van der Waals surface area contributed by atoms with Crippen molar-refractivity contribution in [3.63, 3.8) is 0 Å². The van der Waals surface area contributed by atoms with E-state index in [1.165, 1.54) is 10.4 Å². The summed E-state index contributed by atoms with van der Waals surface area (Å²) in [6, 6.07) is 2.12. The summed E-state index contributed by atoms with van der Waals surface area (Å²) in [4.78, 5) is 1.27. The Balaban J connectivity index is 2.58. The van der Waals surface area contributed by atoms with Gasteiger partial charge in [-0.2, -0.15) is 0 Å². The van der Waals surface area contributed by atoms with Gasteiger partial charge in [-0.3, -0.25) is 0 Å². The van der Waals surface area contributed by atoms with E-state index < -0.39 is 0 Å². The molecule has 0 aliphatic heterocycles. The van der Waals surface area contributed by atoms with E-state index in [-0.39, 0.29) is 6.10 Å². The molecule has 0 spiro atoms. The van der Waals surface area contributed by atoms with Gasteiger partial charge in [-0.15, -0.1) is 11.3 Å². The first kappa shape index (κ1) is 7.76. The molecule has 1 heterocycles. The lowest BCUT2D eigenvalue weighted by Crippen LogP contribution is -2.01. The van der Waals surface area contributed by atoms with Crippen LogP contribution in [0.5, 0.6) is 0 Å². The lowest BCUT2D eigenvalue weighted by molar-refractivity contribution is 0.196. The monoisotopic (exact) mass is 156 g/mol. The number of hydrogen-bond acceptors (Lipinski definition) is 2. The molecule has 0 unspecified atom stereocenters. The Morgan fingerprint density at radius 2 is 2.40 bits per heavy atom. The Hall–Kier alpha value is -0.340. The van der Waals surface area contributed by atoms with Gasteiger partial charge in [0.15, 0.2) is 0 Å². The normalized spacial score (nSPS) is 13.5. The van der Waals surface area contributed by atoms with Crippen LogP contribution in [0.4, 0.5) is 0 Å². The first-order valence-electron chi connectivity index (χ1n) is 3.40. The summed E-state index contributed by atoms with van der Waals surface area (Å²) >= 11 is 1.72. The minimum atomic E-state index is -0.210. The Bertz CT molecular complexity index is 203. The average molecular weight is 156 g/mol. The van der Waals surface area contributed by atoms with Crippen LogP contribution >= 0.6 is 11.3 Å². The zero-order chi connectivity index (χ0) is 7.56. The van der Waals surface area contributed by atoms with Gasteiger partial charge in [0, 0.05) is 11.3 Å². The molecule has 0 fully saturated rings. The van der Waals surface area contributed by atoms with Crippen LogP contribution < -0.4 is 0 Å². The summed E-state index contributed by atoms with van der Waals surface area (Å²) in [5.41, 5.74) is 1.29. The summed E-state index contributed by atoms with van der Waals surface area (Å²) < 4.78 is 0. The number of rotatable bonds is 2. The molecule has 1 aromatic rings. The fourth-order valence-electron chi connectivity index (χ4n) is 0.889. The maximum atomic E-state index is 9.02. The quantitative estimate of drug-likeness (QED) is 0.694. The zero-order valence-electron chi connectivity index (χ0n) is 6.29.